The number of carbonyl (C=O) groups is 1. The summed E-state index contributed by atoms with van der Waals surface area (Å²) >= 11 is 1.67. The summed E-state index contributed by atoms with van der Waals surface area (Å²) in [7, 11) is 0. The molecule has 32 heavy (non-hydrogen) atoms. The second-order valence-electron chi connectivity index (χ2n) is 8.47. The van der Waals surface area contributed by atoms with Crippen LogP contribution >= 0.6 is 11.8 Å². The van der Waals surface area contributed by atoms with Gasteiger partial charge in [0.2, 0.25) is 5.91 Å². The van der Waals surface area contributed by atoms with Crippen LogP contribution < -0.4 is 10.6 Å². The number of aryl methyl sites for hydroxylation is 1. The normalized spacial score (nSPS) is 16.0. The van der Waals surface area contributed by atoms with E-state index in [-0.39, 0.29) is 11.8 Å². The Balaban J connectivity index is 1.47. The van der Waals surface area contributed by atoms with Gasteiger partial charge in [-0.2, -0.15) is 0 Å². The topological polar surface area (TPSA) is 66.9 Å². The number of aromatic nitrogens is 2. The molecule has 2 aliphatic rings. The molecule has 4 rings (SSSR count). The van der Waals surface area contributed by atoms with Crippen molar-refractivity contribution in [1.82, 2.24) is 9.97 Å². The SMILES string of the molecule is CSc1c(C/C=C/c2cc(NC(=O)C3CC3)ccc2C)ncnc1NC1=CC=C(C)CC1. The second-order valence-corrected chi connectivity index (χ2v) is 9.29. The van der Waals surface area contributed by atoms with Crippen LogP contribution in [0.25, 0.3) is 6.08 Å². The van der Waals surface area contributed by atoms with E-state index in [0.717, 1.165) is 53.3 Å². The molecule has 1 aromatic carbocycles. The molecule has 1 heterocycles. The summed E-state index contributed by atoms with van der Waals surface area (Å²) in [4.78, 5) is 22.2. The van der Waals surface area contributed by atoms with Crippen LogP contribution in [0.2, 0.25) is 0 Å². The molecule has 6 heteroatoms. The third-order valence-corrected chi connectivity index (χ3v) is 6.66. The molecule has 0 unspecified atom stereocenters. The highest BCUT2D eigenvalue weighted by molar-refractivity contribution is 7.98. The fraction of sp³-hybridized carbons (Fsp3) is 0.346. The molecule has 2 aliphatic carbocycles. The molecule has 0 saturated heterocycles. The third kappa shape index (κ3) is 5.68. The monoisotopic (exact) mass is 446 g/mol. The summed E-state index contributed by atoms with van der Waals surface area (Å²) in [5, 5.41) is 6.53. The zero-order valence-electron chi connectivity index (χ0n) is 18.9. The minimum Gasteiger partial charge on any atom is -0.343 e. The molecular formula is C26H30N4OS. The minimum atomic E-state index is 0.133. The van der Waals surface area contributed by atoms with Gasteiger partial charge in [-0.15, -0.1) is 11.8 Å². The van der Waals surface area contributed by atoms with Gasteiger partial charge < -0.3 is 10.6 Å². The summed E-state index contributed by atoms with van der Waals surface area (Å²) in [6.07, 6.45) is 17.0. The van der Waals surface area contributed by atoms with Crippen molar-refractivity contribution in [3.63, 3.8) is 0 Å². The molecule has 0 aliphatic heterocycles. The lowest BCUT2D eigenvalue weighted by molar-refractivity contribution is -0.117. The summed E-state index contributed by atoms with van der Waals surface area (Å²) in [5.74, 6) is 1.20. The van der Waals surface area contributed by atoms with Crippen LogP contribution in [-0.4, -0.2) is 22.1 Å². The van der Waals surface area contributed by atoms with Gasteiger partial charge in [0.05, 0.1) is 10.6 Å². The molecule has 0 atom stereocenters. The molecule has 5 nitrogen and oxygen atoms in total. The van der Waals surface area contributed by atoms with Crippen LogP contribution in [0.15, 0.2) is 58.9 Å². The van der Waals surface area contributed by atoms with Crippen LogP contribution in [0.1, 0.15) is 49.4 Å². The first-order chi connectivity index (χ1) is 15.5. The molecule has 1 fully saturated rings. The summed E-state index contributed by atoms with van der Waals surface area (Å²) < 4.78 is 0. The van der Waals surface area contributed by atoms with Gasteiger partial charge >= 0.3 is 0 Å². The van der Waals surface area contributed by atoms with Crippen molar-refractivity contribution in [3.8, 4) is 0 Å². The van der Waals surface area contributed by atoms with Crippen molar-refractivity contribution in [1.29, 1.82) is 0 Å². The molecule has 0 spiro atoms. The maximum Gasteiger partial charge on any atom is 0.227 e. The maximum absolute atomic E-state index is 12.1. The first-order valence-electron chi connectivity index (χ1n) is 11.1. The van der Waals surface area contributed by atoms with Crippen LogP contribution in [0, 0.1) is 12.8 Å². The highest BCUT2D eigenvalue weighted by Gasteiger charge is 2.29. The van der Waals surface area contributed by atoms with E-state index in [2.05, 4.69) is 71.1 Å². The van der Waals surface area contributed by atoms with Crippen LogP contribution in [-0.2, 0) is 11.2 Å². The van der Waals surface area contributed by atoms with E-state index in [0.29, 0.717) is 6.42 Å². The quantitative estimate of drug-likeness (QED) is 0.476. The highest BCUT2D eigenvalue weighted by Crippen LogP contribution is 2.31. The average molecular weight is 447 g/mol. The Morgan fingerprint density at radius 1 is 1.19 bits per heavy atom. The minimum absolute atomic E-state index is 0.133. The van der Waals surface area contributed by atoms with Gasteiger partial charge in [0, 0.05) is 23.7 Å². The lowest BCUT2D eigenvalue weighted by atomic mass is 10.0. The van der Waals surface area contributed by atoms with Crippen molar-refractivity contribution in [2.24, 2.45) is 5.92 Å². The zero-order valence-corrected chi connectivity index (χ0v) is 19.8. The Labute approximate surface area is 194 Å². The molecule has 166 valence electrons. The van der Waals surface area contributed by atoms with E-state index in [1.807, 2.05) is 12.1 Å². The summed E-state index contributed by atoms with van der Waals surface area (Å²) in [6, 6.07) is 6.06. The first-order valence-corrected chi connectivity index (χ1v) is 12.3. The Bertz CT molecular complexity index is 1100. The van der Waals surface area contributed by atoms with Gasteiger partial charge in [0.1, 0.15) is 12.1 Å². The number of nitrogens with zero attached hydrogens (tertiary/aromatic N) is 2. The molecule has 1 aromatic heterocycles. The smallest absolute Gasteiger partial charge is 0.227 e. The van der Waals surface area contributed by atoms with Gasteiger partial charge in [-0.05, 0) is 75.1 Å². The molecule has 0 bridgehead atoms. The van der Waals surface area contributed by atoms with Gasteiger partial charge in [0.25, 0.3) is 0 Å². The predicted octanol–water partition coefficient (Wildman–Crippen LogP) is 6.15. The molecule has 2 N–H and O–H groups in total. The van der Waals surface area contributed by atoms with Crippen molar-refractivity contribution in [3.05, 3.63) is 70.8 Å². The number of benzene rings is 1. The fourth-order valence-electron chi connectivity index (χ4n) is 3.64. The summed E-state index contributed by atoms with van der Waals surface area (Å²) in [5.41, 5.74) is 6.73. The number of amides is 1. The van der Waals surface area contributed by atoms with Crippen molar-refractivity contribution in [2.45, 2.75) is 50.8 Å². The van der Waals surface area contributed by atoms with E-state index in [1.165, 1.54) is 16.8 Å². The standard InChI is InChI=1S/C26H30N4OS/c1-17-7-12-21(13-8-17)29-25-24(32-3)23(27-16-28-25)6-4-5-20-15-22(14-9-18(20)2)30-26(31)19-10-11-19/h4-5,7,9,12,14-16,19H,6,8,10-11,13H2,1-3H3,(H,30,31)(H,27,28,29)/b5-4+. The zero-order chi connectivity index (χ0) is 22.5. The number of allylic oxidation sites excluding steroid dienone is 5. The lowest BCUT2D eigenvalue weighted by Gasteiger charge is -2.16. The molecular weight excluding hydrogens is 416 g/mol. The Hall–Kier alpha value is -2.86. The molecule has 1 amide bonds. The number of thioether (sulfide) groups is 1. The molecule has 0 radical (unpaired) electrons. The molecule has 2 aromatic rings. The van der Waals surface area contributed by atoms with Gasteiger partial charge in [0.15, 0.2) is 0 Å². The van der Waals surface area contributed by atoms with Crippen LogP contribution in [0.4, 0.5) is 11.5 Å². The van der Waals surface area contributed by atoms with Crippen molar-refractivity contribution < 1.29 is 4.79 Å². The number of rotatable bonds is 8. The van der Waals surface area contributed by atoms with Gasteiger partial charge in [-0.3, -0.25) is 4.79 Å². The molecule has 1 saturated carbocycles. The van der Waals surface area contributed by atoms with E-state index in [9.17, 15) is 4.79 Å². The predicted molar refractivity (Wildman–Crippen MR) is 134 cm³/mol. The van der Waals surface area contributed by atoms with Crippen molar-refractivity contribution >= 4 is 35.3 Å². The number of carbonyl (C=O) groups excluding carboxylic acids is 1. The highest BCUT2D eigenvalue weighted by atomic mass is 32.2. The Morgan fingerprint density at radius 3 is 2.75 bits per heavy atom. The number of hydrogen-bond acceptors (Lipinski definition) is 5. The van der Waals surface area contributed by atoms with Crippen LogP contribution in [0.3, 0.4) is 0 Å². The fourth-order valence-corrected chi connectivity index (χ4v) is 4.31. The maximum atomic E-state index is 12.1. The summed E-state index contributed by atoms with van der Waals surface area (Å²) in [6.45, 7) is 4.24. The van der Waals surface area contributed by atoms with E-state index in [4.69, 9.17) is 0 Å². The van der Waals surface area contributed by atoms with E-state index in [1.54, 1.807) is 18.1 Å². The van der Waals surface area contributed by atoms with E-state index >= 15 is 0 Å². The van der Waals surface area contributed by atoms with E-state index < -0.39 is 0 Å². The third-order valence-electron chi connectivity index (χ3n) is 5.82. The van der Waals surface area contributed by atoms with Crippen LogP contribution in [0.5, 0.6) is 0 Å². The largest absolute Gasteiger partial charge is 0.343 e. The first kappa shape index (κ1) is 22.3. The lowest BCUT2D eigenvalue weighted by Crippen LogP contribution is -2.13. The number of nitrogens with one attached hydrogen (secondary N) is 2. The van der Waals surface area contributed by atoms with Crippen molar-refractivity contribution in [2.75, 3.05) is 16.9 Å². The van der Waals surface area contributed by atoms with Gasteiger partial charge in [-0.1, -0.05) is 29.9 Å². The number of hydrogen-bond donors (Lipinski definition) is 2. The second kappa shape index (κ2) is 10.2. The Kier molecular flexibility index (Phi) is 7.10. The Morgan fingerprint density at radius 2 is 2.03 bits per heavy atom. The van der Waals surface area contributed by atoms with Gasteiger partial charge in [-0.25, -0.2) is 9.97 Å². The average Bonchev–Trinajstić information content (AvgIpc) is 3.63. The number of anilines is 2.